The molecule has 31 heavy (non-hydrogen) atoms. The van der Waals surface area contributed by atoms with Gasteiger partial charge in [0.25, 0.3) is 5.91 Å². The molecule has 1 amide bonds. The molecule has 0 spiro atoms. The quantitative estimate of drug-likeness (QED) is 0.626. The molecule has 2 rings (SSSR count). The zero-order valence-corrected chi connectivity index (χ0v) is 14.5. The van der Waals surface area contributed by atoms with E-state index in [1.807, 2.05) is 0 Å². The smallest absolute Gasteiger partial charge is 0.371 e. The van der Waals surface area contributed by atoms with E-state index in [-0.39, 0.29) is 4.90 Å². The van der Waals surface area contributed by atoms with Crippen molar-refractivity contribution in [1.29, 1.82) is 0 Å². The minimum atomic E-state index is -8.13. The minimum absolute atomic E-state index is 0.0416. The molecule has 1 unspecified atom stereocenters. The van der Waals surface area contributed by atoms with Crippen LogP contribution in [0.4, 0.5) is 62.8 Å². The molecule has 3 nitrogen and oxygen atoms in total. The molecule has 0 saturated heterocycles. The highest BCUT2D eigenvalue weighted by Gasteiger charge is 2.93. The molecular formula is C15H8F13NO2. The predicted molar refractivity (Wildman–Crippen MR) is 74.5 cm³/mol. The minimum Gasteiger partial charge on any atom is -0.371 e. The first-order chi connectivity index (χ1) is 13.5. The molecule has 0 aromatic heterocycles. The molecule has 1 aliphatic heterocycles. The van der Waals surface area contributed by atoms with E-state index >= 15 is 0 Å². The predicted octanol–water partition coefficient (Wildman–Crippen LogP) is 4.59. The molecule has 1 aromatic carbocycles. The second-order valence-corrected chi connectivity index (χ2v) is 6.46. The summed E-state index contributed by atoms with van der Waals surface area (Å²) in [5.41, 5.74) is -7.30. The van der Waals surface area contributed by atoms with Crippen molar-refractivity contribution >= 4 is 11.6 Å². The van der Waals surface area contributed by atoms with Gasteiger partial charge in [0.1, 0.15) is 0 Å². The topological polar surface area (TPSA) is 40.5 Å². The van der Waals surface area contributed by atoms with E-state index in [9.17, 15) is 67.0 Å². The van der Waals surface area contributed by atoms with Crippen LogP contribution in [0.5, 0.6) is 0 Å². The summed E-state index contributed by atoms with van der Waals surface area (Å²) in [5, 5.41) is 10.0. The van der Waals surface area contributed by atoms with Crippen LogP contribution in [-0.2, 0) is 10.4 Å². The first kappa shape index (κ1) is 25.0. The number of nitrogens with zero attached hydrogens (tertiary/aromatic N) is 1. The van der Waals surface area contributed by atoms with Crippen LogP contribution in [0.25, 0.3) is 0 Å². The third-order valence-electron chi connectivity index (χ3n) is 4.66. The number of halogens is 13. The van der Waals surface area contributed by atoms with E-state index < -0.39 is 58.5 Å². The number of carbonyl (C=O) groups is 1. The number of rotatable bonds is 5. The number of benzene rings is 1. The summed E-state index contributed by atoms with van der Waals surface area (Å²) >= 11 is 0. The van der Waals surface area contributed by atoms with Gasteiger partial charge in [0, 0.05) is 12.6 Å². The number of aliphatic hydroxyl groups is 1. The van der Waals surface area contributed by atoms with Gasteiger partial charge in [-0.05, 0) is 6.07 Å². The fourth-order valence-electron chi connectivity index (χ4n) is 2.84. The molecule has 0 bridgehead atoms. The molecule has 1 heterocycles. The zero-order chi connectivity index (χ0) is 24.6. The van der Waals surface area contributed by atoms with Crippen LogP contribution >= 0.6 is 0 Å². The molecule has 0 saturated carbocycles. The highest BCUT2D eigenvalue weighted by molar-refractivity contribution is 6.07. The van der Waals surface area contributed by atoms with Crippen molar-refractivity contribution in [3.05, 3.63) is 29.8 Å². The highest BCUT2D eigenvalue weighted by atomic mass is 19.4. The Labute approximate surface area is 163 Å². The van der Waals surface area contributed by atoms with Gasteiger partial charge in [-0.15, -0.1) is 0 Å². The number of anilines is 1. The summed E-state index contributed by atoms with van der Waals surface area (Å²) in [7, 11) is 0.581. The van der Waals surface area contributed by atoms with Crippen molar-refractivity contribution in [2.45, 2.75) is 41.4 Å². The first-order valence-electron chi connectivity index (χ1n) is 7.61. The van der Waals surface area contributed by atoms with E-state index in [1.54, 1.807) is 0 Å². The standard InChI is InChI=1S/C15H8F13NO2/c1-29-7-5-3-2-4-6(7)9(31,8(29)30)10(16,17)11(18,19)12(20,21)13(22,23)14(24,25)15(26,27)28/h2-5,31H,1H3. The summed E-state index contributed by atoms with van der Waals surface area (Å²) in [5.74, 6) is -41.4. The second-order valence-electron chi connectivity index (χ2n) is 6.46. The van der Waals surface area contributed by atoms with Gasteiger partial charge >= 0.3 is 35.8 Å². The fourth-order valence-corrected chi connectivity index (χ4v) is 2.84. The Hall–Kier alpha value is -2.26. The summed E-state index contributed by atoms with van der Waals surface area (Å²) < 4.78 is 174. The van der Waals surface area contributed by atoms with Gasteiger partial charge in [0.05, 0.1) is 5.69 Å². The molecule has 16 heteroatoms. The first-order valence-corrected chi connectivity index (χ1v) is 7.61. The van der Waals surface area contributed by atoms with E-state index in [1.165, 1.54) is 0 Å². The molecule has 0 fully saturated rings. The maximum atomic E-state index is 14.5. The Morgan fingerprint density at radius 3 is 1.61 bits per heavy atom. The number of carbonyl (C=O) groups excluding carboxylic acids is 1. The third-order valence-corrected chi connectivity index (χ3v) is 4.66. The van der Waals surface area contributed by atoms with Gasteiger partial charge in [-0.2, -0.15) is 57.1 Å². The molecule has 1 aromatic rings. The number of alkyl halides is 13. The Bertz CT molecular complexity index is 895. The Kier molecular flexibility index (Phi) is 5.15. The monoisotopic (exact) mass is 481 g/mol. The van der Waals surface area contributed by atoms with Gasteiger partial charge in [-0.1, -0.05) is 18.2 Å². The van der Waals surface area contributed by atoms with Crippen molar-refractivity contribution in [3.63, 3.8) is 0 Å². The van der Waals surface area contributed by atoms with Crippen molar-refractivity contribution < 1.29 is 67.0 Å². The normalized spacial score (nSPS) is 21.5. The van der Waals surface area contributed by atoms with Crippen molar-refractivity contribution in [2.75, 3.05) is 11.9 Å². The lowest BCUT2D eigenvalue weighted by Gasteiger charge is -2.43. The van der Waals surface area contributed by atoms with Crippen LogP contribution in [0.1, 0.15) is 5.56 Å². The van der Waals surface area contributed by atoms with E-state index in [0.29, 0.717) is 13.1 Å². The zero-order valence-electron chi connectivity index (χ0n) is 14.5. The average molecular weight is 481 g/mol. The van der Waals surface area contributed by atoms with Crippen LogP contribution in [0.15, 0.2) is 24.3 Å². The molecule has 176 valence electrons. The second kappa shape index (κ2) is 6.38. The largest absolute Gasteiger partial charge is 0.460 e. The number of hydrogen-bond acceptors (Lipinski definition) is 2. The van der Waals surface area contributed by atoms with Gasteiger partial charge in [-0.3, -0.25) is 4.79 Å². The van der Waals surface area contributed by atoms with Gasteiger partial charge < -0.3 is 10.0 Å². The van der Waals surface area contributed by atoms with E-state index in [2.05, 4.69) is 0 Å². The summed E-state index contributed by atoms with van der Waals surface area (Å²) in [4.78, 5) is 12.1. The SMILES string of the molecule is CN1C(=O)C(O)(C(F)(F)C(F)(F)C(F)(F)C(F)(F)C(F)(F)C(F)(F)F)c2ccccc21. The number of para-hydroxylation sites is 1. The Morgan fingerprint density at radius 1 is 0.742 bits per heavy atom. The van der Waals surface area contributed by atoms with Gasteiger partial charge in [-0.25, -0.2) is 0 Å². The van der Waals surface area contributed by atoms with E-state index in [4.69, 9.17) is 0 Å². The lowest BCUT2D eigenvalue weighted by atomic mass is 9.81. The van der Waals surface area contributed by atoms with Crippen LogP contribution < -0.4 is 4.90 Å². The Morgan fingerprint density at radius 2 is 1.16 bits per heavy atom. The highest BCUT2D eigenvalue weighted by Crippen LogP contribution is 2.64. The van der Waals surface area contributed by atoms with Crippen LogP contribution in [-0.4, -0.2) is 53.9 Å². The van der Waals surface area contributed by atoms with E-state index in [0.717, 1.165) is 18.2 Å². The summed E-state index contributed by atoms with van der Waals surface area (Å²) in [6.45, 7) is 0. The number of hydrogen-bond donors (Lipinski definition) is 1. The number of amides is 1. The molecule has 0 radical (unpaired) electrons. The van der Waals surface area contributed by atoms with Crippen LogP contribution in [0.2, 0.25) is 0 Å². The van der Waals surface area contributed by atoms with Crippen molar-refractivity contribution in [3.8, 4) is 0 Å². The van der Waals surface area contributed by atoms with Crippen molar-refractivity contribution in [2.24, 2.45) is 0 Å². The average Bonchev–Trinajstić information content (AvgIpc) is 2.83. The van der Waals surface area contributed by atoms with Gasteiger partial charge in [0.2, 0.25) is 5.60 Å². The summed E-state index contributed by atoms with van der Waals surface area (Å²) in [6.07, 6.45) is -7.56. The number of fused-ring (bicyclic) bond motifs is 1. The summed E-state index contributed by atoms with van der Waals surface area (Å²) in [6, 6.07) is 2.80. The maximum Gasteiger partial charge on any atom is 0.460 e. The number of likely N-dealkylation sites (N-methyl/N-ethyl adjacent to an activating group) is 1. The third kappa shape index (κ3) is 2.68. The molecular weight excluding hydrogens is 473 g/mol. The molecule has 1 atom stereocenters. The van der Waals surface area contributed by atoms with Crippen LogP contribution in [0.3, 0.4) is 0 Å². The molecule has 0 aliphatic carbocycles. The van der Waals surface area contributed by atoms with Crippen LogP contribution in [0, 0.1) is 0 Å². The van der Waals surface area contributed by atoms with Gasteiger partial charge in [0.15, 0.2) is 0 Å². The maximum absolute atomic E-state index is 14.5. The van der Waals surface area contributed by atoms with Crippen molar-refractivity contribution in [1.82, 2.24) is 0 Å². The fraction of sp³-hybridized carbons (Fsp3) is 0.533. The lowest BCUT2D eigenvalue weighted by Crippen LogP contribution is -2.74. The Balaban J connectivity index is 2.75. The molecule has 1 aliphatic rings. The lowest BCUT2D eigenvalue weighted by molar-refractivity contribution is -0.448. The molecule has 1 N–H and O–H groups in total.